The molecule has 0 atom stereocenters. The molecule has 2 aromatic heterocycles. The molecule has 4 rings (SSSR count). The molecule has 162 valence electrons. The Kier molecular flexibility index (Phi) is 6.95. The molecule has 3 nitrogen and oxygen atoms in total. The number of aromatic nitrogens is 2. The summed E-state index contributed by atoms with van der Waals surface area (Å²) >= 11 is 1.76. The van der Waals surface area contributed by atoms with E-state index in [2.05, 4.69) is 35.9 Å². The lowest BCUT2D eigenvalue weighted by Gasteiger charge is -2.06. The summed E-state index contributed by atoms with van der Waals surface area (Å²) in [7, 11) is 0. The number of aryl methyl sites for hydroxylation is 4. The second-order valence-corrected chi connectivity index (χ2v) is 8.19. The first-order chi connectivity index (χ1) is 14.7. The Morgan fingerprint density at radius 3 is 1.97 bits per heavy atom. The highest BCUT2D eigenvalue weighted by Crippen LogP contribution is 2.31. The number of hydrogen-bond acceptors (Lipinski definition) is 4. The minimum Gasteiger partial charge on any atom is -0.441 e. The molecule has 0 saturated carbocycles. The van der Waals surface area contributed by atoms with Crippen LogP contribution in [0.5, 0.6) is 0 Å². The molecule has 0 aliphatic carbocycles. The van der Waals surface area contributed by atoms with Gasteiger partial charge in [-0.1, -0.05) is 37.3 Å². The van der Waals surface area contributed by atoms with Gasteiger partial charge < -0.3 is 4.42 Å². The normalized spacial score (nSPS) is 11.2. The zero-order valence-electron chi connectivity index (χ0n) is 17.7. The molecule has 0 spiro atoms. The van der Waals surface area contributed by atoms with Crippen molar-refractivity contribution in [1.29, 1.82) is 0 Å². The van der Waals surface area contributed by atoms with Crippen LogP contribution in [0.15, 0.2) is 59.0 Å². The number of oxazole rings is 1. The molecule has 31 heavy (non-hydrogen) atoms. The molecule has 7 heteroatoms. The highest BCUT2D eigenvalue weighted by Gasteiger charge is 2.30. The van der Waals surface area contributed by atoms with Gasteiger partial charge in [0.1, 0.15) is 10.8 Å². The van der Waals surface area contributed by atoms with Crippen molar-refractivity contribution in [3.05, 3.63) is 82.2 Å². The SMILES string of the molecule is CCc1oc(-c2ccc(C(F)(F)F)cc2)nc1C.Cc1nc(-c2ccccc2)sc1C. The number of alkyl halides is 3. The maximum absolute atomic E-state index is 12.4. The van der Waals surface area contributed by atoms with Gasteiger partial charge in [0.05, 0.1) is 17.0 Å². The Morgan fingerprint density at radius 1 is 0.839 bits per heavy atom. The first-order valence-corrected chi connectivity index (χ1v) is 10.6. The van der Waals surface area contributed by atoms with E-state index in [1.54, 1.807) is 11.3 Å². The summed E-state index contributed by atoms with van der Waals surface area (Å²) in [6.07, 6.45) is -3.61. The van der Waals surface area contributed by atoms with Gasteiger partial charge in [-0.25, -0.2) is 9.97 Å². The van der Waals surface area contributed by atoms with Crippen molar-refractivity contribution in [2.45, 2.75) is 40.3 Å². The largest absolute Gasteiger partial charge is 0.441 e. The van der Waals surface area contributed by atoms with Crippen LogP contribution in [-0.4, -0.2) is 9.97 Å². The standard InChI is InChI=1S/C13H12F3NO.C11H11NS/c1-3-11-8(2)17-12(18-11)9-4-6-10(7-5-9)13(14,15)16;1-8-9(2)13-11(12-8)10-6-4-3-5-7-10/h4-7H,3H2,1-2H3;3-7H,1-2H3. The topological polar surface area (TPSA) is 38.9 Å². The molecule has 2 aromatic carbocycles. The summed E-state index contributed by atoms with van der Waals surface area (Å²) in [5.41, 5.74) is 3.00. The molecular weight excluding hydrogens is 421 g/mol. The monoisotopic (exact) mass is 444 g/mol. The van der Waals surface area contributed by atoms with Gasteiger partial charge >= 0.3 is 6.18 Å². The van der Waals surface area contributed by atoms with Crippen molar-refractivity contribution < 1.29 is 17.6 Å². The number of halogens is 3. The predicted octanol–water partition coefficient (Wildman–Crippen LogP) is 7.66. The van der Waals surface area contributed by atoms with Gasteiger partial charge in [-0.05, 0) is 45.0 Å². The lowest BCUT2D eigenvalue weighted by atomic mass is 10.1. The quantitative estimate of drug-likeness (QED) is 0.326. The fourth-order valence-electron chi connectivity index (χ4n) is 2.86. The van der Waals surface area contributed by atoms with Crippen LogP contribution in [0.4, 0.5) is 13.2 Å². The Labute approximate surface area is 183 Å². The van der Waals surface area contributed by atoms with Gasteiger partial charge in [0, 0.05) is 22.4 Å². The Morgan fingerprint density at radius 2 is 1.48 bits per heavy atom. The van der Waals surface area contributed by atoms with Crippen molar-refractivity contribution in [2.24, 2.45) is 0 Å². The van der Waals surface area contributed by atoms with E-state index in [0.717, 1.165) is 34.3 Å². The third-order valence-corrected chi connectivity index (χ3v) is 5.84. The molecule has 4 aromatic rings. The zero-order valence-corrected chi connectivity index (χ0v) is 18.6. The predicted molar refractivity (Wildman–Crippen MR) is 118 cm³/mol. The average Bonchev–Trinajstić information content (AvgIpc) is 3.30. The van der Waals surface area contributed by atoms with Crippen LogP contribution in [0.2, 0.25) is 0 Å². The molecule has 0 amide bonds. The van der Waals surface area contributed by atoms with Gasteiger partial charge in [-0.15, -0.1) is 11.3 Å². The molecule has 0 unspecified atom stereocenters. The molecule has 0 aliphatic heterocycles. The van der Waals surface area contributed by atoms with E-state index in [4.69, 9.17) is 4.42 Å². The number of benzene rings is 2. The van der Waals surface area contributed by atoms with E-state index in [1.165, 1.54) is 22.6 Å². The van der Waals surface area contributed by atoms with Gasteiger partial charge in [0.15, 0.2) is 0 Å². The summed E-state index contributed by atoms with van der Waals surface area (Å²) < 4.78 is 42.7. The van der Waals surface area contributed by atoms with E-state index in [1.807, 2.05) is 32.0 Å². The lowest BCUT2D eigenvalue weighted by Crippen LogP contribution is -2.03. The lowest BCUT2D eigenvalue weighted by molar-refractivity contribution is -0.137. The van der Waals surface area contributed by atoms with Gasteiger partial charge in [-0.2, -0.15) is 13.2 Å². The Hall–Kier alpha value is -2.93. The van der Waals surface area contributed by atoms with Crippen LogP contribution in [0, 0.1) is 20.8 Å². The first kappa shape index (κ1) is 22.7. The Balaban J connectivity index is 0.000000185. The van der Waals surface area contributed by atoms with Crippen LogP contribution in [0.1, 0.15) is 34.5 Å². The highest BCUT2D eigenvalue weighted by molar-refractivity contribution is 7.15. The second kappa shape index (κ2) is 9.47. The Bertz CT molecular complexity index is 1110. The van der Waals surface area contributed by atoms with E-state index in [0.29, 0.717) is 17.9 Å². The highest BCUT2D eigenvalue weighted by atomic mass is 32.1. The summed E-state index contributed by atoms with van der Waals surface area (Å²) in [6.45, 7) is 7.91. The maximum atomic E-state index is 12.4. The number of thiazole rings is 1. The van der Waals surface area contributed by atoms with Gasteiger partial charge in [0.2, 0.25) is 5.89 Å². The maximum Gasteiger partial charge on any atom is 0.416 e. The molecule has 0 fully saturated rings. The van der Waals surface area contributed by atoms with E-state index in [9.17, 15) is 13.2 Å². The molecule has 2 heterocycles. The average molecular weight is 445 g/mol. The molecule has 0 radical (unpaired) electrons. The fourth-order valence-corrected chi connectivity index (χ4v) is 3.78. The van der Waals surface area contributed by atoms with Crippen LogP contribution in [-0.2, 0) is 12.6 Å². The minimum atomic E-state index is -4.32. The number of hydrogen-bond donors (Lipinski definition) is 0. The van der Waals surface area contributed by atoms with Crippen molar-refractivity contribution in [2.75, 3.05) is 0 Å². The van der Waals surface area contributed by atoms with Crippen LogP contribution >= 0.6 is 11.3 Å². The van der Waals surface area contributed by atoms with E-state index >= 15 is 0 Å². The van der Waals surface area contributed by atoms with E-state index < -0.39 is 11.7 Å². The third kappa shape index (κ3) is 5.61. The minimum absolute atomic E-state index is 0.359. The first-order valence-electron chi connectivity index (χ1n) is 9.82. The van der Waals surface area contributed by atoms with Crippen molar-refractivity contribution in [1.82, 2.24) is 9.97 Å². The van der Waals surface area contributed by atoms with Crippen LogP contribution in [0.25, 0.3) is 22.0 Å². The van der Waals surface area contributed by atoms with Crippen molar-refractivity contribution in [3.8, 4) is 22.0 Å². The summed E-state index contributed by atoms with van der Waals surface area (Å²) in [5, 5.41) is 1.12. The van der Waals surface area contributed by atoms with Crippen molar-refractivity contribution in [3.63, 3.8) is 0 Å². The van der Waals surface area contributed by atoms with Crippen LogP contribution < -0.4 is 0 Å². The smallest absolute Gasteiger partial charge is 0.416 e. The zero-order chi connectivity index (χ0) is 22.6. The number of nitrogens with zero attached hydrogens (tertiary/aromatic N) is 2. The molecule has 0 saturated heterocycles. The summed E-state index contributed by atoms with van der Waals surface area (Å²) in [4.78, 5) is 10.00. The molecule has 0 bridgehead atoms. The van der Waals surface area contributed by atoms with Gasteiger partial charge in [-0.3, -0.25) is 0 Å². The van der Waals surface area contributed by atoms with Crippen LogP contribution in [0.3, 0.4) is 0 Å². The van der Waals surface area contributed by atoms with E-state index in [-0.39, 0.29) is 0 Å². The molecule has 0 aliphatic rings. The number of rotatable bonds is 3. The van der Waals surface area contributed by atoms with Crippen molar-refractivity contribution >= 4 is 11.3 Å². The fraction of sp³-hybridized carbons (Fsp3) is 0.250. The summed E-state index contributed by atoms with van der Waals surface area (Å²) in [6, 6.07) is 15.1. The summed E-state index contributed by atoms with van der Waals surface area (Å²) in [5.74, 6) is 1.11. The molecular formula is C24H23F3N2OS. The van der Waals surface area contributed by atoms with Gasteiger partial charge in [0.25, 0.3) is 0 Å². The second-order valence-electron chi connectivity index (χ2n) is 6.98. The molecule has 0 N–H and O–H groups in total. The third-order valence-electron chi connectivity index (χ3n) is 4.72.